The zero-order valence-electron chi connectivity index (χ0n) is 8.12. The number of nitrogens with one attached hydrogen (secondary N) is 1. The van der Waals surface area contributed by atoms with Crippen molar-refractivity contribution in [2.24, 2.45) is 0 Å². The summed E-state index contributed by atoms with van der Waals surface area (Å²) in [6.45, 7) is 1.77. The lowest BCUT2D eigenvalue weighted by Gasteiger charge is -2.03. The van der Waals surface area contributed by atoms with Crippen LogP contribution in [0.3, 0.4) is 0 Å². The smallest absolute Gasteiger partial charge is 0.254 e. The van der Waals surface area contributed by atoms with Gasteiger partial charge in [0.1, 0.15) is 0 Å². The molecule has 0 saturated heterocycles. The van der Waals surface area contributed by atoms with Crippen LogP contribution in [0, 0.1) is 6.92 Å². The van der Waals surface area contributed by atoms with Gasteiger partial charge in [0.15, 0.2) is 0 Å². The summed E-state index contributed by atoms with van der Waals surface area (Å²) in [7, 11) is 0. The topological polar surface area (TPSA) is 45.8 Å². The van der Waals surface area contributed by atoms with Gasteiger partial charge in [-0.1, -0.05) is 28.1 Å². The van der Waals surface area contributed by atoms with Gasteiger partial charge in [-0.2, -0.15) is 0 Å². The molecule has 0 unspecified atom stereocenters. The van der Waals surface area contributed by atoms with Gasteiger partial charge in [-0.05, 0) is 19.1 Å². The Morgan fingerprint density at radius 3 is 2.93 bits per heavy atom. The lowest BCUT2D eigenvalue weighted by Crippen LogP contribution is -2.11. The molecule has 1 aromatic heterocycles. The molecule has 1 N–H and O–H groups in total. The molecule has 0 radical (unpaired) electrons. The van der Waals surface area contributed by atoms with Gasteiger partial charge in [-0.3, -0.25) is 4.79 Å². The zero-order valence-corrected chi connectivity index (χ0v) is 9.71. The third kappa shape index (κ3) is 1.99. The van der Waals surface area contributed by atoms with E-state index in [4.69, 9.17) is 0 Å². The molecule has 15 heavy (non-hydrogen) atoms. The summed E-state index contributed by atoms with van der Waals surface area (Å²) < 4.78 is 0.974. The van der Waals surface area contributed by atoms with E-state index in [1.54, 1.807) is 6.92 Å². The minimum atomic E-state index is -0.0972. The second kappa shape index (κ2) is 3.98. The molecule has 0 saturated carbocycles. The molecule has 3 nitrogen and oxygen atoms in total. The van der Waals surface area contributed by atoms with Crippen molar-refractivity contribution < 1.29 is 0 Å². The summed E-state index contributed by atoms with van der Waals surface area (Å²) >= 11 is 3.39. The number of hydrogen-bond acceptors (Lipinski definition) is 2. The fraction of sp³-hybridized carbons (Fsp3) is 0.0909. The number of H-pyrrole nitrogens is 1. The Hall–Kier alpha value is -1.42. The lowest BCUT2D eigenvalue weighted by molar-refractivity contribution is 1.08. The third-order valence-corrected chi connectivity index (χ3v) is 2.68. The minimum Gasteiger partial charge on any atom is -0.313 e. The van der Waals surface area contributed by atoms with E-state index in [9.17, 15) is 4.79 Å². The largest absolute Gasteiger partial charge is 0.313 e. The van der Waals surface area contributed by atoms with Crippen molar-refractivity contribution in [1.82, 2.24) is 9.97 Å². The Bertz CT molecular complexity index is 548. The average Bonchev–Trinajstić information content (AvgIpc) is 2.22. The standard InChI is InChI=1S/C11H9BrN2O/c1-7-10(13-6-14-11(7)15)8-3-2-4-9(12)5-8/h2-6H,1H3,(H,13,14,15). The SMILES string of the molecule is Cc1c(-c2cccc(Br)c2)nc[nH]c1=O. The first-order valence-electron chi connectivity index (χ1n) is 4.48. The number of rotatable bonds is 1. The number of nitrogens with zero attached hydrogens (tertiary/aromatic N) is 1. The van der Waals surface area contributed by atoms with E-state index in [0.717, 1.165) is 15.7 Å². The first-order valence-corrected chi connectivity index (χ1v) is 5.28. The second-order valence-corrected chi connectivity index (χ2v) is 4.13. The number of hydrogen-bond donors (Lipinski definition) is 1. The van der Waals surface area contributed by atoms with Gasteiger partial charge in [-0.25, -0.2) is 4.98 Å². The molecular formula is C11H9BrN2O. The predicted octanol–water partition coefficient (Wildman–Crippen LogP) is 2.51. The Morgan fingerprint density at radius 2 is 2.20 bits per heavy atom. The van der Waals surface area contributed by atoms with Crippen molar-refractivity contribution >= 4 is 15.9 Å². The molecule has 0 aliphatic heterocycles. The third-order valence-electron chi connectivity index (χ3n) is 2.18. The van der Waals surface area contributed by atoms with Crippen LogP contribution < -0.4 is 5.56 Å². The van der Waals surface area contributed by atoms with Crippen molar-refractivity contribution in [3.05, 3.63) is 51.0 Å². The van der Waals surface area contributed by atoms with Crippen LogP contribution in [0.1, 0.15) is 5.56 Å². The van der Waals surface area contributed by atoms with E-state index in [1.165, 1.54) is 6.33 Å². The summed E-state index contributed by atoms with van der Waals surface area (Å²) in [6.07, 6.45) is 1.42. The molecule has 0 bridgehead atoms. The second-order valence-electron chi connectivity index (χ2n) is 3.22. The molecule has 2 aromatic rings. The van der Waals surface area contributed by atoms with E-state index >= 15 is 0 Å². The van der Waals surface area contributed by atoms with Gasteiger partial charge >= 0.3 is 0 Å². The van der Waals surface area contributed by atoms with Gasteiger partial charge in [0.05, 0.1) is 12.0 Å². The van der Waals surface area contributed by atoms with E-state index in [2.05, 4.69) is 25.9 Å². The van der Waals surface area contributed by atoms with E-state index in [-0.39, 0.29) is 5.56 Å². The highest BCUT2D eigenvalue weighted by atomic mass is 79.9. The van der Waals surface area contributed by atoms with E-state index in [0.29, 0.717) is 5.56 Å². The monoisotopic (exact) mass is 264 g/mol. The molecule has 4 heteroatoms. The van der Waals surface area contributed by atoms with E-state index < -0.39 is 0 Å². The molecule has 0 aliphatic rings. The van der Waals surface area contributed by atoms with Gasteiger partial charge in [0, 0.05) is 15.6 Å². The van der Waals surface area contributed by atoms with Gasteiger partial charge in [-0.15, -0.1) is 0 Å². The maximum atomic E-state index is 11.4. The highest BCUT2D eigenvalue weighted by molar-refractivity contribution is 9.10. The summed E-state index contributed by atoms with van der Waals surface area (Å²) in [5.41, 5.74) is 2.20. The van der Waals surface area contributed by atoms with Crippen LogP contribution in [-0.2, 0) is 0 Å². The van der Waals surface area contributed by atoms with Crippen LogP contribution >= 0.6 is 15.9 Å². The number of aromatic amines is 1. The molecular weight excluding hydrogens is 256 g/mol. The summed E-state index contributed by atoms with van der Waals surface area (Å²) in [5, 5.41) is 0. The number of benzene rings is 1. The highest BCUT2D eigenvalue weighted by Gasteiger charge is 2.05. The first-order chi connectivity index (χ1) is 7.18. The highest BCUT2D eigenvalue weighted by Crippen LogP contribution is 2.21. The van der Waals surface area contributed by atoms with Crippen LogP contribution in [0.4, 0.5) is 0 Å². The van der Waals surface area contributed by atoms with Crippen molar-refractivity contribution in [2.75, 3.05) is 0 Å². The van der Waals surface area contributed by atoms with Gasteiger partial charge in [0.2, 0.25) is 0 Å². The van der Waals surface area contributed by atoms with Crippen LogP contribution in [-0.4, -0.2) is 9.97 Å². The van der Waals surface area contributed by atoms with Crippen LogP contribution in [0.5, 0.6) is 0 Å². The molecule has 0 spiro atoms. The normalized spacial score (nSPS) is 10.3. The Balaban J connectivity index is 2.64. The van der Waals surface area contributed by atoms with Gasteiger partial charge < -0.3 is 4.98 Å². The van der Waals surface area contributed by atoms with Crippen molar-refractivity contribution in [3.63, 3.8) is 0 Å². The zero-order chi connectivity index (χ0) is 10.8. The maximum absolute atomic E-state index is 11.4. The first kappa shape index (κ1) is 10.1. The quantitative estimate of drug-likeness (QED) is 0.861. The number of aromatic nitrogens is 2. The van der Waals surface area contributed by atoms with Crippen LogP contribution in [0.15, 0.2) is 39.9 Å². The van der Waals surface area contributed by atoms with Crippen molar-refractivity contribution in [2.45, 2.75) is 6.92 Å². The number of halogens is 1. The molecule has 76 valence electrons. The predicted molar refractivity (Wildman–Crippen MR) is 62.7 cm³/mol. The summed E-state index contributed by atoms with van der Waals surface area (Å²) in [5.74, 6) is 0. The minimum absolute atomic E-state index is 0.0972. The fourth-order valence-electron chi connectivity index (χ4n) is 1.39. The van der Waals surface area contributed by atoms with Gasteiger partial charge in [0.25, 0.3) is 5.56 Å². The van der Waals surface area contributed by atoms with Crippen LogP contribution in [0.2, 0.25) is 0 Å². The molecule has 0 amide bonds. The molecule has 0 fully saturated rings. The molecule has 0 atom stereocenters. The average molecular weight is 265 g/mol. The van der Waals surface area contributed by atoms with Crippen molar-refractivity contribution in [1.29, 1.82) is 0 Å². The molecule has 1 aromatic carbocycles. The lowest BCUT2D eigenvalue weighted by atomic mass is 10.1. The summed E-state index contributed by atoms with van der Waals surface area (Å²) in [4.78, 5) is 18.1. The maximum Gasteiger partial charge on any atom is 0.254 e. The summed E-state index contributed by atoms with van der Waals surface area (Å²) in [6, 6.07) is 7.72. The molecule has 2 rings (SSSR count). The molecule has 0 aliphatic carbocycles. The van der Waals surface area contributed by atoms with Crippen molar-refractivity contribution in [3.8, 4) is 11.3 Å². The Morgan fingerprint density at radius 1 is 1.40 bits per heavy atom. The Labute approximate surface area is 95.3 Å². The van der Waals surface area contributed by atoms with E-state index in [1.807, 2.05) is 24.3 Å². The Kier molecular flexibility index (Phi) is 2.68. The molecule has 1 heterocycles. The fourth-order valence-corrected chi connectivity index (χ4v) is 1.79. The van der Waals surface area contributed by atoms with Crippen LogP contribution in [0.25, 0.3) is 11.3 Å².